The minimum atomic E-state index is -0.683. The second kappa shape index (κ2) is 12.8. The van der Waals surface area contributed by atoms with Gasteiger partial charge >= 0.3 is 11.9 Å². The van der Waals surface area contributed by atoms with Crippen molar-refractivity contribution in [2.24, 2.45) is 5.92 Å². The van der Waals surface area contributed by atoms with E-state index in [2.05, 4.69) is 10.6 Å². The summed E-state index contributed by atoms with van der Waals surface area (Å²) in [6.07, 6.45) is -0.341. The number of ether oxygens (including phenoxy) is 3. The molecule has 9 nitrogen and oxygen atoms in total. The van der Waals surface area contributed by atoms with E-state index in [-0.39, 0.29) is 18.8 Å². The lowest BCUT2D eigenvalue weighted by Gasteiger charge is -2.09. The second-order valence-electron chi connectivity index (χ2n) is 7.56. The minimum absolute atomic E-state index is 0.141. The molecule has 0 aliphatic heterocycles. The van der Waals surface area contributed by atoms with Gasteiger partial charge in [-0.3, -0.25) is 14.4 Å². The largest absolute Gasteiger partial charge is 0.497 e. The van der Waals surface area contributed by atoms with Crippen molar-refractivity contribution in [2.45, 2.75) is 26.7 Å². The first kappa shape index (κ1) is 25.4. The van der Waals surface area contributed by atoms with E-state index in [0.29, 0.717) is 29.3 Å². The Morgan fingerprint density at radius 1 is 0.848 bits per heavy atom. The summed E-state index contributed by atoms with van der Waals surface area (Å²) in [5.41, 5.74) is 1.23. The summed E-state index contributed by atoms with van der Waals surface area (Å²) >= 11 is 0. The molecule has 176 valence electrons. The lowest BCUT2D eigenvalue weighted by molar-refractivity contribution is -0.147. The van der Waals surface area contributed by atoms with Gasteiger partial charge in [0.15, 0.2) is 6.61 Å². The van der Waals surface area contributed by atoms with E-state index >= 15 is 0 Å². The van der Waals surface area contributed by atoms with Crippen LogP contribution in [0.15, 0.2) is 48.5 Å². The maximum atomic E-state index is 12.1. The van der Waals surface area contributed by atoms with Crippen LogP contribution in [-0.4, -0.2) is 44.1 Å². The van der Waals surface area contributed by atoms with Crippen molar-refractivity contribution < 1.29 is 33.4 Å². The maximum Gasteiger partial charge on any atom is 0.338 e. The molecule has 0 bridgehead atoms. The number of carbonyl (C=O) groups is 4. The number of hydrogen-bond donors (Lipinski definition) is 2. The van der Waals surface area contributed by atoms with Crippen molar-refractivity contribution in [2.75, 3.05) is 31.0 Å². The van der Waals surface area contributed by atoms with Crippen LogP contribution in [0.4, 0.5) is 11.4 Å². The summed E-state index contributed by atoms with van der Waals surface area (Å²) in [6.45, 7) is 3.69. The van der Waals surface area contributed by atoms with Crippen LogP contribution in [0.3, 0.4) is 0 Å². The highest BCUT2D eigenvalue weighted by Gasteiger charge is 2.13. The Balaban J connectivity index is 1.73. The summed E-state index contributed by atoms with van der Waals surface area (Å²) in [5.74, 6) is -1.31. The molecule has 2 rings (SSSR count). The minimum Gasteiger partial charge on any atom is -0.497 e. The topological polar surface area (TPSA) is 120 Å². The maximum absolute atomic E-state index is 12.1. The van der Waals surface area contributed by atoms with Crippen LogP contribution in [0, 0.1) is 5.92 Å². The third-order valence-corrected chi connectivity index (χ3v) is 4.20. The number of esters is 2. The summed E-state index contributed by atoms with van der Waals surface area (Å²) < 4.78 is 15.2. The van der Waals surface area contributed by atoms with Gasteiger partial charge in [-0.25, -0.2) is 4.79 Å². The molecule has 0 saturated carbocycles. The van der Waals surface area contributed by atoms with E-state index in [9.17, 15) is 19.2 Å². The van der Waals surface area contributed by atoms with Gasteiger partial charge in [0.05, 0.1) is 25.7 Å². The van der Waals surface area contributed by atoms with Gasteiger partial charge < -0.3 is 24.8 Å². The third kappa shape index (κ3) is 9.42. The zero-order chi connectivity index (χ0) is 24.2. The van der Waals surface area contributed by atoms with Crippen molar-refractivity contribution in [3.8, 4) is 5.75 Å². The second-order valence-corrected chi connectivity index (χ2v) is 7.56. The summed E-state index contributed by atoms with van der Waals surface area (Å²) in [6, 6.07) is 13.1. The Labute approximate surface area is 192 Å². The van der Waals surface area contributed by atoms with Gasteiger partial charge in [0.1, 0.15) is 5.75 Å². The fraction of sp³-hybridized carbons (Fsp3) is 0.333. The van der Waals surface area contributed by atoms with Gasteiger partial charge in [0, 0.05) is 23.9 Å². The van der Waals surface area contributed by atoms with Crippen LogP contribution in [0.25, 0.3) is 0 Å². The number of rotatable bonds is 11. The average Bonchev–Trinajstić information content (AvgIpc) is 2.80. The summed E-state index contributed by atoms with van der Waals surface area (Å²) in [7, 11) is 1.51. The molecule has 0 spiro atoms. The molecular weight excluding hydrogens is 428 g/mol. The van der Waals surface area contributed by atoms with Crippen LogP contribution in [0.5, 0.6) is 5.75 Å². The number of nitrogens with one attached hydrogen (secondary N) is 2. The molecule has 0 fully saturated rings. The van der Waals surface area contributed by atoms with Crippen LogP contribution < -0.4 is 15.4 Å². The summed E-state index contributed by atoms with van der Waals surface area (Å²) in [5, 5.41) is 5.21. The van der Waals surface area contributed by atoms with E-state index in [1.54, 1.807) is 42.5 Å². The molecule has 2 amide bonds. The highest BCUT2D eigenvalue weighted by atomic mass is 16.5. The van der Waals surface area contributed by atoms with Gasteiger partial charge in [-0.1, -0.05) is 26.0 Å². The fourth-order valence-electron chi connectivity index (χ4n) is 2.60. The number of methoxy groups -OCH3 is 1. The molecular formula is C24H28N2O7. The van der Waals surface area contributed by atoms with Crippen LogP contribution in [0.2, 0.25) is 0 Å². The van der Waals surface area contributed by atoms with E-state index in [1.165, 1.54) is 13.2 Å². The third-order valence-electron chi connectivity index (χ3n) is 4.20. The lowest BCUT2D eigenvalue weighted by atomic mass is 10.2. The number of benzene rings is 2. The fourth-order valence-corrected chi connectivity index (χ4v) is 2.60. The standard InChI is InChI=1S/C24H28N2O7/c1-16(2)14-33-24(30)17-6-4-7-18(12-17)25-21(27)10-11-23(29)32-15-22(28)26-19-8-5-9-20(13-19)31-3/h4-9,12-13,16H,10-11,14-15H2,1-3H3,(H,25,27)(H,26,28). The first-order chi connectivity index (χ1) is 15.8. The highest BCUT2D eigenvalue weighted by Crippen LogP contribution is 2.16. The first-order valence-electron chi connectivity index (χ1n) is 10.4. The first-order valence-corrected chi connectivity index (χ1v) is 10.4. The zero-order valence-electron chi connectivity index (χ0n) is 18.9. The summed E-state index contributed by atoms with van der Waals surface area (Å²) in [4.78, 5) is 48.0. The van der Waals surface area contributed by atoms with Crippen LogP contribution in [0.1, 0.15) is 37.0 Å². The molecule has 0 aromatic heterocycles. The normalized spacial score (nSPS) is 10.3. The molecule has 0 heterocycles. The molecule has 2 aromatic carbocycles. The van der Waals surface area contributed by atoms with Gasteiger partial charge in [0.2, 0.25) is 5.91 Å². The predicted molar refractivity (Wildman–Crippen MR) is 122 cm³/mol. The number of carbonyl (C=O) groups excluding carboxylic acids is 4. The Kier molecular flexibility index (Phi) is 9.88. The van der Waals surface area contributed by atoms with Gasteiger partial charge in [-0.2, -0.15) is 0 Å². The predicted octanol–water partition coefficient (Wildman–Crippen LogP) is 3.41. The van der Waals surface area contributed by atoms with E-state index < -0.39 is 30.4 Å². The van der Waals surface area contributed by atoms with Crippen molar-refractivity contribution in [3.05, 3.63) is 54.1 Å². The average molecular weight is 456 g/mol. The number of hydrogen-bond acceptors (Lipinski definition) is 7. The van der Waals surface area contributed by atoms with Crippen molar-refractivity contribution in [1.82, 2.24) is 0 Å². The van der Waals surface area contributed by atoms with Crippen LogP contribution >= 0.6 is 0 Å². The van der Waals surface area contributed by atoms with Crippen molar-refractivity contribution in [1.29, 1.82) is 0 Å². The van der Waals surface area contributed by atoms with Gasteiger partial charge in [-0.15, -0.1) is 0 Å². The molecule has 0 aliphatic carbocycles. The number of anilines is 2. The van der Waals surface area contributed by atoms with Gasteiger partial charge in [-0.05, 0) is 36.2 Å². The Bertz CT molecular complexity index is 988. The van der Waals surface area contributed by atoms with E-state index in [0.717, 1.165) is 0 Å². The Hall–Kier alpha value is -3.88. The zero-order valence-corrected chi connectivity index (χ0v) is 18.9. The van der Waals surface area contributed by atoms with Gasteiger partial charge in [0.25, 0.3) is 5.91 Å². The van der Waals surface area contributed by atoms with Crippen molar-refractivity contribution in [3.63, 3.8) is 0 Å². The molecule has 9 heteroatoms. The molecule has 0 radical (unpaired) electrons. The molecule has 2 N–H and O–H groups in total. The van der Waals surface area contributed by atoms with E-state index in [1.807, 2.05) is 13.8 Å². The SMILES string of the molecule is COc1cccc(NC(=O)COC(=O)CCC(=O)Nc2cccc(C(=O)OCC(C)C)c2)c1. The smallest absolute Gasteiger partial charge is 0.338 e. The molecule has 0 atom stereocenters. The highest BCUT2D eigenvalue weighted by molar-refractivity contribution is 5.96. The van der Waals surface area contributed by atoms with Crippen LogP contribution in [-0.2, 0) is 23.9 Å². The Morgan fingerprint density at radius 3 is 2.21 bits per heavy atom. The lowest BCUT2D eigenvalue weighted by Crippen LogP contribution is -2.21. The van der Waals surface area contributed by atoms with E-state index in [4.69, 9.17) is 14.2 Å². The van der Waals surface area contributed by atoms with Crippen molar-refractivity contribution >= 4 is 35.1 Å². The quantitative estimate of drug-likeness (QED) is 0.497. The number of amides is 2. The molecule has 0 saturated heterocycles. The monoisotopic (exact) mass is 456 g/mol. The molecule has 0 aliphatic rings. The molecule has 0 unspecified atom stereocenters. The molecule has 33 heavy (non-hydrogen) atoms. The molecule has 2 aromatic rings. The Morgan fingerprint density at radius 2 is 1.52 bits per heavy atom.